The standard InChI is InChI=1S/C17H20N2S/c18-16-15(19-17(20-16)12-4-1-2-5-12)14-7-3-6-13(10-14)11-8-9-11/h3,6-7,10-12H,1-2,4-5,8-9,18H2. The molecule has 0 atom stereocenters. The van der Waals surface area contributed by atoms with E-state index in [4.69, 9.17) is 10.7 Å². The fourth-order valence-corrected chi connectivity index (χ4v) is 4.28. The third-order valence-electron chi connectivity index (χ3n) is 4.58. The molecule has 0 amide bonds. The van der Waals surface area contributed by atoms with Crippen molar-refractivity contribution in [3.05, 3.63) is 34.8 Å². The molecule has 1 heterocycles. The fraction of sp³-hybridized carbons (Fsp3) is 0.471. The van der Waals surface area contributed by atoms with Gasteiger partial charge in [-0.05, 0) is 43.2 Å². The Morgan fingerprint density at radius 3 is 2.60 bits per heavy atom. The van der Waals surface area contributed by atoms with E-state index in [0.717, 1.165) is 16.6 Å². The predicted molar refractivity (Wildman–Crippen MR) is 85.1 cm³/mol. The Kier molecular flexibility index (Phi) is 3.03. The Hall–Kier alpha value is -1.35. The van der Waals surface area contributed by atoms with E-state index in [0.29, 0.717) is 5.92 Å². The van der Waals surface area contributed by atoms with Gasteiger partial charge < -0.3 is 5.73 Å². The number of anilines is 1. The molecule has 2 saturated carbocycles. The molecule has 0 bridgehead atoms. The molecule has 20 heavy (non-hydrogen) atoms. The molecule has 1 aromatic carbocycles. The van der Waals surface area contributed by atoms with Gasteiger partial charge in [0.1, 0.15) is 10.7 Å². The highest BCUT2D eigenvalue weighted by atomic mass is 32.1. The molecule has 4 rings (SSSR count). The molecule has 1 aromatic heterocycles. The lowest BCUT2D eigenvalue weighted by molar-refractivity contribution is 0.717. The number of nitrogens with zero attached hydrogens (tertiary/aromatic N) is 1. The number of nitrogen functional groups attached to an aromatic ring is 1. The van der Waals surface area contributed by atoms with Crippen molar-refractivity contribution in [2.45, 2.75) is 50.4 Å². The summed E-state index contributed by atoms with van der Waals surface area (Å²) in [7, 11) is 0. The van der Waals surface area contributed by atoms with Crippen LogP contribution in [0.5, 0.6) is 0 Å². The molecule has 104 valence electrons. The van der Waals surface area contributed by atoms with Crippen molar-refractivity contribution in [1.82, 2.24) is 4.98 Å². The maximum atomic E-state index is 6.24. The van der Waals surface area contributed by atoms with Crippen molar-refractivity contribution in [1.29, 1.82) is 0 Å². The van der Waals surface area contributed by atoms with Crippen LogP contribution in [0.15, 0.2) is 24.3 Å². The van der Waals surface area contributed by atoms with Crippen LogP contribution in [0.25, 0.3) is 11.3 Å². The van der Waals surface area contributed by atoms with E-state index in [1.807, 2.05) is 0 Å². The molecule has 2 aromatic rings. The fourth-order valence-electron chi connectivity index (χ4n) is 3.26. The average molecular weight is 284 g/mol. The molecule has 0 unspecified atom stereocenters. The van der Waals surface area contributed by atoms with Gasteiger partial charge in [-0.2, -0.15) is 0 Å². The van der Waals surface area contributed by atoms with Crippen molar-refractivity contribution < 1.29 is 0 Å². The zero-order valence-electron chi connectivity index (χ0n) is 11.6. The summed E-state index contributed by atoms with van der Waals surface area (Å²) in [6.07, 6.45) is 7.93. The van der Waals surface area contributed by atoms with Crippen molar-refractivity contribution >= 4 is 16.3 Å². The third-order valence-corrected chi connectivity index (χ3v) is 5.63. The predicted octanol–water partition coefficient (Wildman–Crippen LogP) is 4.93. The maximum absolute atomic E-state index is 6.24. The summed E-state index contributed by atoms with van der Waals surface area (Å²) in [5, 5.41) is 2.15. The molecule has 2 aliphatic carbocycles. The second-order valence-electron chi connectivity index (χ2n) is 6.15. The number of rotatable bonds is 3. The molecule has 0 saturated heterocycles. The van der Waals surface area contributed by atoms with Crippen LogP contribution in [0, 0.1) is 0 Å². The van der Waals surface area contributed by atoms with E-state index in [1.165, 1.54) is 54.7 Å². The number of hydrogen-bond donors (Lipinski definition) is 1. The van der Waals surface area contributed by atoms with Crippen molar-refractivity contribution in [2.24, 2.45) is 0 Å². The second-order valence-corrected chi connectivity index (χ2v) is 7.21. The monoisotopic (exact) mass is 284 g/mol. The zero-order valence-corrected chi connectivity index (χ0v) is 12.5. The van der Waals surface area contributed by atoms with Crippen LogP contribution in [0.1, 0.15) is 60.9 Å². The molecule has 2 fully saturated rings. The molecule has 2 N–H and O–H groups in total. The van der Waals surface area contributed by atoms with Crippen molar-refractivity contribution in [2.75, 3.05) is 5.73 Å². The quantitative estimate of drug-likeness (QED) is 0.868. The minimum Gasteiger partial charge on any atom is -0.389 e. The van der Waals surface area contributed by atoms with Gasteiger partial charge in [-0.1, -0.05) is 31.0 Å². The van der Waals surface area contributed by atoms with Crippen molar-refractivity contribution in [3.63, 3.8) is 0 Å². The lowest BCUT2D eigenvalue weighted by Crippen LogP contribution is -1.91. The average Bonchev–Trinajstić information content (AvgIpc) is 3.03. The van der Waals surface area contributed by atoms with Gasteiger partial charge in [-0.15, -0.1) is 11.3 Å². The Labute approximate surface area is 124 Å². The van der Waals surface area contributed by atoms with E-state index < -0.39 is 0 Å². The summed E-state index contributed by atoms with van der Waals surface area (Å²) in [6.45, 7) is 0. The van der Waals surface area contributed by atoms with Gasteiger partial charge in [0.25, 0.3) is 0 Å². The Morgan fingerprint density at radius 2 is 1.85 bits per heavy atom. The maximum Gasteiger partial charge on any atom is 0.114 e. The number of hydrogen-bond acceptors (Lipinski definition) is 3. The van der Waals surface area contributed by atoms with E-state index in [-0.39, 0.29) is 0 Å². The molecular formula is C17H20N2S. The van der Waals surface area contributed by atoms with Gasteiger partial charge in [0, 0.05) is 11.5 Å². The molecule has 2 nitrogen and oxygen atoms in total. The van der Waals surface area contributed by atoms with Crippen LogP contribution >= 0.6 is 11.3 Å². The molecule has 0 aliphatic heterocycles. The summed E-state index contributed by atoms with van der Waals surface area (Å²) in [5.41, 5.74) is 9.91. The molecule has 2 aliphatic rings. The summed E-state index contributed by atoms with van der Waals surface area (Å²) >= 11 is 1.70. The first-order valence-corrected chi connectivity index (χ1v) is 8.49. The SMILES string of the molecule is Nc1sc(C2CCCC2)nc1-c1cccc(C2CC2)c1. The van der Waals surface area contributed by atoms with Gasteiger partial charge in [0.2, 0.25) is 0 Å². The highest BCUT2D eigenvalue weighted by Crippen LogP contribution is 2.43. The normalized spacial score (nSPS) is 19.6. The van der Waals surface area contributed by atoms with Gasteiger partial charge in [-0.25, -0.2) is 4.98 Å². The minimum absolute atomic E-state index is 0.655. The lowest BCUT2D eigenvalue weighted by Gasteiger charge is -2.04. The highest BCUT2D eigenvalue weighted by molar-refractivity contribution is 7.16. The summed E-state index contributed by atoms with van der Waals surface area (Å²) < 4.78 is 0. The zero-order chi connectivity index (χ0) is 13.5. The Morgan fingerprint density at radius 1 is 1.05 bits per heavy atom. The van der Waals surface area contributed by atoms with E-state index in [9.17, 15) is 0 Å². The largest absolute Gasteiger partial charge is 0.389 e. The second kappa shape index (κ2) is 4.88. The molecule has 0 radical (unpaired) electrons. The highest BCUT2D eigenvalue weighted by Gasteiger charge is 2.25. The number of aromatic nitrogens is 1. The molecule has 3 heteroatoms. The van der Waals surface area contributed by atoms with E-state index in [1.54, 1.807) is 11.3 Å². The summed E-state index contributed by atoms with van der Waals surface area (Å²) in [5.74, 6) is 1.44. The topological polar surface area (TPSA) is 38.9 Å². The minimum atomic E-state index is 0.655. The van der Waals surface area contributed by atoms with Crippen LogP contribution in [0.4, 0.5) is 5.00 Å². The number of thiazole rings is 1. The third kappa shape index (κ3) is 2.24. The lowest BCUT2D eigenvalue weighted by atomic mass is 10.1. The first-order valence-electron chi connectivity index (χ1n) is 7.68. The summed E-state index contributed by atoms with van der Waals surface area (Å²) in [4.78, 5) is 4.88. The first-order chi connectivity index (χ1) is 9.81. The van der Waals surface area contributed by atoms with Crippen LogP contribution in [0.2, 0.25) is 0 Å². The van der Waals surface area contributed by atoms with Crippen molar-refractivity contribution in [3.8, 4) is 11.3 Å². The molecular weight excluding hydrogens is 264 g/mol. The summed E-state index contributed by atoms with van der Waals surface area (Å²) in [6, 6.07) is 8.83. The Balaban J connectivity index is 1.68. The first kappa shape index (κ1) is 12.4. The van der Waals surface area contributed by atoms with Crippen LogP contribution < -0.4 is 5.73 Å². The van der Waals surface area contributed by atoms with E-state index in [2.05, 4.69) is 24.3 Å². The van der Waals surface area contributed by atoms with Gasteiger partial charge in [-0.3, -0.25) is 0 Å². The van der Waals surface area contributed by atoms with Gasteiger partial charge in [0.05, 0.1) is 5.01 Å². The smallest absolute Gasteiger partial charge is 0.114 e. The number of benzene rings is 1. The van der Waals surface area contributed by atoms with Gasteiger partial charge >= 0.3 is 0 Å². The van der Waals surface area contributed by atoms with Crippen LogP contribution in [-0.4, -0.2) is 4.98 Å². The van der Waals surface area contributed by atoms with E-state index >= 15 is 0 Å². The molecule has 0 spiro atoms. The van der Waals surface area contributed by atoms with Crippen LogP contribution in [-0.2, 0) is 0 Å². The van der Waals surface area contributed by atoms with Gasteiger partial charge in [0.15, 0.2) is 0 Å². The van der Waals surface area contributed by atoms with Crippen LogP contribution in [0.3, 0.4) is 0 Å². The number of nitrogens with two attached hydrogens (primary N) is 1. The Bertz CT molecular complexity index is 622.